The Kier molecular flexibility index (Phi) is 7.35. The van der Waals surface area contributed by atoms with E-state index in [0.717, 1.165) is 21.2 Å². The zero-order chi connectivity index (χ0) is 26.7. The second kappa shape index (κ2) is 10.6. The fourth-order valence-corrected chi connectivity index (χ4v) is 4.08. The van der Waals surface area contributed by atoms with Crippen LogP contribution in [0.5, 0.6) is 0 Å². The van der Waals surface area contributed by atoms with Crippen LogP contribution in [0.15, 0.2) is 33.9 Å². The average molecular weight is 506 g/mol. The first-order chi connectivity index (χ1) is 17.7. The van der Waals surface area contributed by atoms with Gasteiger partial charge in [-0.15, -0.1) is 5.92 Å². The van der Waals surface area contributed by atoms with Gasteiger partial charge in [0.1, 0.15) is 5.82 Å². The SMILES string of the molecule is CC#CCn1c(NCCCC(O)C(=O)O)nc2c1c(=O)n(Cc1nc(C)c3ccccc3n1)c(=O)n2C. The summed E-state index contributed by atoms with van der Waals surface area (Å²) < 4.78 is 3.96. The predicted molar refractivity (Wildman–Crippen MR) is 137 cm³/mol. The van der Waals surface area contributed by atoms with Crippen molar-refractivity contribution in [1.29, 1.82) is 0 Å². The van der Waals surface area contributed by atoms with Gasteiger partial charge in [-0.25, -0.2) is 19.6 Å². The Labute approximate surface area is 211 Å². The van der Waals surface area contributed by atoms with Crippen molar-refractivity contribution in [1.82, 2.24) is 28.7 Å². The molecule has 0 fully saturated rings. The number of nitrogens with zero attached hydrogens (tertiary/aromatic N) is 6. The van der Waals surface area contributed by atoms with E-state index in [4.69, 9.17) is 5.11 Å². The lowest BCUT2D eigenvalue weighted by Gasteiger charge is -2.11. The van der Waals surface area contributed by atoms with Gasteiger partial charge >= 0.3 is 11.7 Å². The third-order valence-corrected chi connectivity index (χ3v) is 6.01. The number of aliphatic carboxylic acids is 1. The van der Waals surface area contributed by atoms with Crippen LogP contribution in [-0.4, -0.2) is 57.5 Å². The third kappa shape index (κ3) is 5.07. The van der Waals surface area contributed by atoms with E-state index in [1.165, 1.54) is 11.6 Å². The molecule has 1 unspecified atom stereocenters. The molecule has 0 spiro atoms. The summed E-state index contributed by atoms with van der Waals surface area (Å²) in [5.74, 6) is 5.08. The highest BCUT2D eigenvalue weighted by Crippen LogP contribution is 2.17. The summed E-state index contributed by atoms with van der Waals surface area (Å²) >= 11 is 0. The Hall–Kier alpha value is -4.50. The van der Waals surface area contributed by atoms with Gasteiger partial charge in [-0.3, -0.25) is 18.5 Å². The van der Waals surface area contributed by atoms with Gasteiger partial charge < -0.3 is 15.5 Å². The number of aromatic nitrogens is 6. The van der Waals surface area contributed by atoms with Crippen LogP contribution in [0.25, 0.3) is 22.1 Å². The highest BCUT2D eigenvalue weighted by Gasteiger charge is 2.21. The molecular weight excluding hydrogens is 478 g/mol. The molecule has 12 nitrogen and oxygen atoms in total. The van der Waals surface area contributed by atoms with Crippen molar-refractivity contribution in [2.24, 2.45) is 7.05 Å². The van der Waals surface area contributed by atoms with Crippen LogP contribution in [0.2, 0.25) is 0 Å². The van der Waals surface area contributed by atoms with E-state index in [-0.39, 0.29) is 30.7 Å². The van der Waals surface area contributed by atoms with E-state index < -0.39 is 23.3 Å². The lowest BCUT2D eigenvalue weighted by Crippen LogP contribution is -2.40. The molecule has 0 saturated carbocycles. The zero-order valence-corrected chi connectivity index (χ0v) is 20.7. The van der Waals surface area contributed by atoms with Gasteiger partial charge in [-0.05, 0) is 32.8 Å². The van der Waals surface area contributed by atoms with Crippen LogP contribution < -0.4 is 16.6 Å². The number of fused-ring (bicyclic) bond motifs is 2. The zero-order valence-electron chi connectivity index (χ0n) is 20.7. The van der Waals surface area contributed by atoms with Gasteiger partial charge in [0.15, 0.2) is 17.3 Å². The molecule has 0 bridgehead atoms. The van der Waals surface area contributed by atoms with Crippen LogP contribution in [0.4, 0.5) is 5.95 Å². The number of aliphatic hydroxyl groups excluding tert-OH is 1. The minimum Gasteiger partial charge on any atom is -0.479 e. The molecule has 3 aromatic heterocycles. The largest absolute Gasteiger partial charge is 0.479 e. The fraction of sp³-hybridized carbons (Fsp3) is 0.360. The number of carboxylic acid groups (broad SMARTS) is 1. The van der Waals surface area contributed by atoms with Gasteiger partial charge in [0, 0.05) is 24.7 Å². The molecule has 0 saturated heterocycles. The summed E-state index contributed by atoms with van der Waals surface area (Å²) in [7, 11) is 1.53. The highest BCUT2D eigenvalue weighted by molar-refractivity contribution is 5.80. The van der Waals surface area contributed by atoms with Crippen molar-refractivity contribution in [3.8, 4) is 11.8 Å². The first-order valence-corrected chi connectivity index (χ1v) is 11.7. The Balaban J connectivity index is 1.75. The predicted octanol–water partition coefficient (Wildman–Crippen LogP) is 0.858. The molecule has 192 valence electrons. The summed E-state index contributed by atoms with van der Waals surface area (Å²) in [6.07, 6.45) is -1.06. The Bertz CT molecular complexity index is 1670. The van der Waals surface area contributed by atoms with Crippen LogP contribution in [0, 0.1) is 18.8 Å². The van der Waals surface area contributed by atoms with Crippen molar-refractivity contribution >= 4 is 34.0 Å². The van der Waals surface area contributed by atoms with E-state index in [0.29, 0.717) is 24.7 Å². The Morgan fingerprint density at radius 2 is 1.92 bits per heavy atom. The van der Waals surface area contributed by atoms with Crippen LogP contribution in [0.3, 0.4) is 0 Å². The van der Waals surface area contributed by atoms with Gasteiger partial charge in [0.05, 0.1) is 18.6 Å². The first-order valence-electron chi connectivity index (χ1n) is 11.7. The topological polar surface area (TPSA) is 157 Å². The van der Waals surface area contributed by atoms with E-state index in [9.17, 15) is 19.5 Å². The number of benzene rings is 1. The normalized spacial score (nSPS) is 11.9. The number of anilines is 1. The second-order valence-corrected chi connectivity index (χ2v) is 8.52. The van der Waals surface area contributed by atoms with Crippen LogP contribution >= 0.6 is 0 Å². The number of hydrogen-bond acceptors (Lipinski definition) is 8. The van der Waals surface area contributed by atoms with Crippen LogP contribution in [0.1, 0.15) is 31.3 Å². The van der Waals surface area contributed by atoms with Gasteiger partial charge in [0.25, 0.3) is 5.56 Å². The van der Waals surface area contributed by atoms with Gasteiger partial charge in [-0.1, -0.05) is 24.1 Å². The fourth-order valence-electron chi connectivity index (χ4n) is 4.08. The summed E-state index contributed by atoms with van der Waals surface area (Å²) in [6.45, 7) is 3.84. The Morgan fingerprint density at radius 3 is 2.65 bits per heavy atom. The first kappa shape index (κ1) is 25.6. The lowest BCUT2D eigenvalue weighted by atomic mass is 10.2. The Morgan fingerprint density at radius 1 is 1.16 bits per heavy atom. The van der Waals surface area contributed by atoms with Crippen molar-refractivity contribution in [3.05, 3.63) is 56.6 Å². The lowest BCUT2D eigenvalue weighted by molar-refractivity contribution is -0.146. The van der Waals surface area contributed by atoms with Gasteiger partial charge in [0.2, 0.25) is 5.95 Å². The smallest absolute Gasteiger partial charge is 0.332 e. The molecule has 3 N–H and O–H groups in total. The van der Waals surface area contributed by atoms with Crippen LogP contribution in [-0.2, 0) is 24.9 Å². The molecule has 12 heteroatoms. The maximum atomic E-state index is 13.6. The standard InChI is InChI=1S/C25H27N7O5/c1-4-5-13-31-20-21(29-24(31)26-12-8-11-18(33)23(35)36)30(3)25(37)32(22(20)34)14-19-27-15(2)16-9-6-7-10-17(16)28-19/h6-7,9-10,18,33H,8,11-14H2,1-3H3,(H,26,29)(H,35,36). The van der Waals surface area contributed by atoms with Crippen molar-refractivity contribution in [3.63, 3.8) is 0 Å². The summed E-state index contributed by atoms with van der Waals surface area (Å²) in [4.78, 5) is 51.1. The number of hydrogen-bond donors (Lipinski definition) is 3. The summed E-state index contributed by atoms with van der Waals surface area (Å²) in [6, 6.07) is 7.52. The molecule has 0 aliphatic rings. The molecule has 1 atom stereocenters. The molecule has 37 heavy (non-hydrogen) atoms. The monoisotopic (exact) mass is 505 g/mol. The number of rotatable bonds is 9. The molecule has 4 aromatic rings. The van der Waals surface area contributed by atoms with Crippen molar-refractivity contribution in [2.75, 3.05) is 11.9 Å². The number of nitrogens with one attached hydrogen (secondary N) is 1. The molecule has 0 aliphatic carbocycles. The summed E-state index contributed by atoms with van der Waals surface area (Å²) in [5, 5.41) is 22.3. The number of carboxylic acids is 1. The number of para-hydroxylation sites is 1. The molecule has 0 aliphatic heterocycles. The van der Waals surface area contributed by atoms with Crippen molar-refractivity contribution < 1.29 is 15.0 Å². The van der Waals surface area contributed by atoms with E-state index >= 15 is 0 Å². The number of imidazole rings is 1. The van der Waals surface area contributed by atoms with E-state index in [1.807, 2.05) is 31.2 Å². The highest BCUT2D eigenvalue weighted by atomic mass is 16.4. The van der Waals surface area contributed by atoms with E-state index in [2.05, 4.69) is 32.1 Å². The molecule has 3 heterocycles. The minimum absolute atomic E-state index is 0.0494. The average Bonchev–Trinajstić information content (AvgIpc) is 3.24. The summed E-state index contributed by atoms with van der Waals surface area (Å²) in [5.41, 5.74) is 0.734. The molecule has 1 aromatic carbocycles. The van der Waals surface area contributed by atoms with Crippen molar-refractivity contribution in [2.45, 2.75) is 45.9 Å². The molecular formula is C25H27N7O5. The molecule has 0 radical (unpaired) electrons. The minimum atomic E-state index is -1.46. The second-order valence-electron chi connectivity index (χ2n) is 8.52. The number of aliphatic hydroxyl groups is 1. The maximum Gasteiger partial charge on any atom is 0.332 e. The quantitative estimate of drug-likeness (QED) is 0.222. The van der Waals surface area contributed by atoms with E-state index in [1.54, 1.807) is 11.5 Å². The number of aryl methyl sites for hydroxylation is 2. The van der Waals surface area contributed by atoms with Gasteiger partial charge in [-0.2, -0.15) is 4.98 Å². The molecule has 4 rings (SSSR count). The molecule has 0 amide bonds. The number of carbonyl (C=O) groups is 1. The maximum absolute atomic E-state index is 13.6. The third-order valence-electron chi connectivity index (χ3n) is 6.01.